The molecule has 2 fully saturated rings. The van der Waals surface area contributed by atoms with E-state index in [1.807, 2.05) is 0 Å². The fourth-order valence-corrected chi connectivity index (χ4v) is 2.86. The van der Waals surface area contributed by atoms with Crippen LogP contribution in [0.25, 0.3) is 0 Å². The Morgan fingerprint density at radius 2 is 2.08 bits per heavy atom. The van der Waals surface area contributed by atoms with Crippen molar-refractivity contribution in [2.24, 2.45) is 5.92 Å². The molecule has 0 amide bonds. The first kappa shape index (κ1) is 8.41. The first-order valence-corrected chi connectivity index (χ1v) is 5.38. The van der Waals surface area contributed by atoms with Gasteiger partial charge in [-0.2, -0.15) is 0 Å². The van der Waals surface area contributed by atoms with Crippen molar-refractivity contribution in [3.8, 4) is 0 Å². The van der Waals surface area contributed by atoms with E-state index in [4.69, 9.17) is 0 Å². The third-order valence-electron chi connectivity index (χ3n) is 3.49. The van der Waals surface area contributed by atoms with Crippen molar-refractivity contribution < 1.29 is 0 Å². The van der Waals surface area contributed by atoms with Crippen molar-refractivity contribution >= 4 is 7.28 Å². The minimum Gasteiger partial charge on any atom is -0.0914 e. The SMILES string of the molecule is C/C=C/[C@@H]1CC[C@@H]2[B][C@@H]1CCC2. The molecule has 2 aliphatic rings. The molecule has 2 heterocycles. The van der Waals surface area contributed by atoms with Crippen LogP contribution >= 0.6 is 0 Å². The van der Waals surface area contributed by atoms with Gasteiger partial charge in [-0.05, 0) is 19.3 Å². The Morgan fingerprint density at radius 1 is 1.17 bits per heavy atom. The van der Waals surface area contributed by atoms with Gasteiger partial charge in [-0.15, -0.1) is 0 Å². The molecule has 0 unspecified atom stereocenters. The summed E-state index contributed by atoms with van der Waals surface area (Å²) in [7, 11) is 2.64. The average Bonchev–Trinajstić information content (AvgIpc) is 2.11. The molecule has 2 bridgehead atoms. The van der Waals surface area contributed by atoms with Gasteiger partial charge >= 0.3 is 0 Å². The zero-order chi connectivity index (χ0) is 8.39. The molecule has 0 aromatic rings. The second kappa shape index (κ2) is 3.68. The van der Waals surface area contributed by atoms with Crippen LogP contribution in [-0.4, -0.2) is 7.28 Å². The molecule has 0 saturated carbocycles. The summed E-state index contributed by atoms with van der Waals surface area (Å²) in [5.41, 5.74) is 0. The van der Waals surface area contributed by atoms with Gasteiger partial charge in [0.25, 0.3) is 0 Å². The van der Waals surface area contributed by atoms with Crippen molar-refractivity contribution in [1.82, 2.24) is 0 Å². The highest BCUT2D eigenvalue weighted by Gasteiger charge is 2.32. The maximum Gasteiger partial charge on any atom is 0.118 e. The molecule has 0 spiro atoms. The van der Waals surface area contributed by atoms with Crippen molar-refractivity contribution in [1.29, 1.82) is 0 Å². The lowest BCUT2D eigenvalue weighted by Crippen LogP contribution is -2.27. The van der Waals surface area contributed by atoms with E-state index in [-0.39, 0.29) is 0 Å². The van der Waals surface area contributed by atoms with Gasteiger partial charge in [0.1, 0.15) is 7.28 Å². The van der Waals surface area contributed by atoms with Crippen molar-refractivity contribution in [2.45, 2.75) is 50.7 Å². The smallest absolute Gasteiger partial charge is 0.0914 e. The zero-order valence-corrected chi connectivity index (χ0v) is 8.00. The Hall–Kier alpha value is -0.195. The van der Waals surface area contributed by atoms with Crippen LogP contribution in [-0.2, 0) is 0 Å². The molecule has 2 rings (SSSR count). The first-order valence-electron chi connectivity index (χ1n) is 5.38. The second-order valence-electron chi connectivity index (χ2n) is 4.31. The van der Waals surface area contributed by atoms with E-state index in [0.717, 1.165) is 17.6 Å². The van der Waals surface area contributed by atoms with E-state index >= 15 is 0 Å². The Balaban J connectivity index is 1.99. The van der Waals surface area contributed by atoms with E-state index in [0.29, 0.717) is 0 Å². The summed E-state index contributed by atoms with van der Waals surface area (Å²) in [6, 6.07) is 0. The summed E-state index contributed by atoms with van der Waals surface area (Å²) < 4.78 is 0. The highest BCUT2D eigenvalue weighted by molar-refractivity contribution is 6.40. The molecule has 0 aromatic carbocycles. The molecule has 3 atom stereocenters. The lowest BCUT2D eigenvalue weighted by molar-refractivity contribution is 0.391. The van der Waals surface area contributed by atoms with Gasteiger partial charge in [0, 0.05) is 0 Å². The average molecular weight is 161 g/mol. The Kier molecular flexibility index (Phi) is 2.58. The zero-order valence-electron chi connectivity index (χ0n) is 8.00. The van der Waals surface area contributed by atoms with Crippen LogP contribution in [0.5, 0.6) is 0 Å². The molecule has 1 radical (unpaired) electrons. The van der Waals surface area contributed by atoms with Gasteiger partial charge in [-0.3, -0.25) is 0 Å². The summed E-state index contributed by atoms with van der Waals surface area (Å²) in [4.78, 5) is 0. The van der Waals surface area contributed by atoms with Gasteiger partial charge in [0.15, 0.2) is 0 Å². The number of fused-ring (bicyclic) bond motifs is 2. The molecule has 65 valence electrons. The fraction of sp³-hybridized carbons (Fsp3) is 0.818. The number of allylic oxidation sites excluding steroid dienone is 2. The van der Waals surface area contributed by atoms with E-state index < -0.39 is 0 Å². The van der Waals surface area contributed by atoms with Gasteiger partial charge < -0.3 is 0 Å². The lowest BCUT2D eigenvalue weighted by atomic mass is 9.41. The summed E-state index contributed by atoms with van der Waals surface area (Å²) in [5.74, 6) is 2.78. The largest absolute Gasteiger partial charge is 0.118 e. The quantitative estimate of drug-likeness (QED) is 0.408. The lowest BCUT2D eigenvalue weighted by Gasteiger charge is -2.38. The van der Waals surface area contributed by atoms with E-state index in [1.54, 1.807) is 0 Å². The van der Waals surface area contributed by atoms with Crippen LogP contribution < -0.4 is 0 Å². The summed E-state index contributed by atoms with van der Waals surface area (Å²) >= 11 is 0. The molecule has 1 heteroatoms. The Morgan fingerprint density at radius 3 is 2.92 bits per heavy atom. The Bertz CT molecular complexity index is 174. The molecule has 12 heavy (non-hydrogen) atoms. The molecule has 0 aliphatic carbocycles. The van der Waals surface area contributed by atoms with Crippen LogP contribution in [0.1, 0.15) is 39.0 Å². The van der Waals surface area contributed by atoms with E-state index in [2.05, 4.69) is 26.4 Å². The maximum atomic E-state index is 2.64. The topological polar surface area (TPSA) is 0 Å². The molecule has 0 aromatic heterocycles. The minimum atomic E-state index is 0.881. The monoisotopic (exact) mass is 161 g/mol. The molecule has 2 aliphatic heterocycles. The van der Waals surface area contributed by atoms with Crippen LogP contribution in [0.15, 0.2) is 12.2 Å². The maximum absolute atomic E-state index is 2.64. The fourth-order valence-electron chi connectivity index (χ4n) is 2.86. The number of rotatable bonds is 1. The van der Waals surface area contributed by atoms with Gasteiger partial charge in [0.05, 0.1) is 0 Å². The van der Waals surface area contributed by atoms with Gasteiger partial charge in [0.2, 0.25) is 0 Å². The second-order valence-corrected chi connectivity index (χ2v) is 4.31. The predicted octanol–water partition coefficient (Wildman–Crippen LogP) is 3.44. The first-order chi connectivity index (χ1) is 5.90. The number of hydrogen-bond acceptors (Lipinski definition) is 0. The predicted molar refractivity (Wildman–Crippen MR) is 54.6 cm³/mol. The normalized spacial score (nSPS) is 41.2. The standard InChI is InChI=1S/C11H18B/c1-2-4-9-7-8-10-5-3-6-11(9)12-10/h2,4,9-11H,3,5-8H2,1H3/b4-2+/t9-,10-,11-/m1/s1. The summed E-state index contributed by atoms with van der Waals surface area (Å²) in [6.07, 6.45) is 11.9. The van der Waals surface area contributed by atoms with Gasteiger partial charge in [-0.25, -0.2) is 0 Å². The van der Waals surface area contributed by atoms with E-state index in [9.17, 15) is 0 Å². The van der Waals surface area contributed by atoms with Crippen molar-refractivity contribution in [3.63, 3.8) is 0 Å². The number of hydrogen-bond donors (Lipinski definition) is 0. The molecular formula is C11H18B. The van der Waals surface area contributed by atoms with Gasteiger partial charge in [-0.1, -0.05) is 49.5 Å². The third-order valence-corrected chi connectivity index (χ3v) is 3.49. The van der Waals surface area contributed by atoms with Crippen LogP contribution in [0.4, 0.5) is 0 Å². The molecule has 2 saturated heterocycles. The molecular weight excluding hydrogens is 143 g/mol. The van der Waals surface area contributed by atoms with Crippen LogP contribution in [0, 0.1) is 5.92 Å². The molecule has 0 N–H and O–H groups in total. The van der Waals surface area contributed by atoms with Crippen molar-refractivity contribution in [2.75, 3.05) is 0 Å². The van der Waals surface area contributed by atoms with Crippen molar-refractivity contribution in [3.05, 3.63) is 12.2 Å². The Labute approximate surface area is 76.7 Å². The van der Waals surface area contributed by atoms with Crippen LogP contribution in [0.2, 0.25) is 11.6 Å². The molecule has 0 nitrogen and oxygen atoms in total. The summed E-state index contributed by atoms with van der Waals surface area (Å²) in [6.45, 7) is 2.15. The summed E-state index contributed by atoms with van der Waals surface area (Å²) in [5, 5.41) is 0. The minimum absolute atomic E-state index is 0.881. The third kappa shape index (κ3) is 1.60. The van der Waals surface area contributed by atoms with E-state index in [1.165, 1.54) is 32.1 Å². The highest BCUT2D eigenvalue weighted by Crippen LogP contribution is 2.45. The highest BCUT2D eigenvalue weighted by atomic mass is 14.3. The van der Waals surface area contributed by atoms with Crippen LogP contribution in [0.3, 0.4) is 0 Å².